The molecule has 2 nitrogen and oxygen atoms in total. The maximum Gasteiger partial charge on any atom is 0.183 e. The molecule has 1 saturated carbocycles. The maximum absolute atomic E-state index is 12.6. The van der Waals surface area contributed by atoms with Crippen LogP contribution in [0, 0.1) is 0 Å². The van der Waals surface area contributed by atoms with Gasteiger partial charge in [-0.1, -0.05) is 43.2 Å². The fourth-order valence-electron chi connectivity index (χ4n) is 3.73. The summed E-state index contributed by atoms with van der Waals surface area (Å²) < 4.78 is 0. The molecular formula is C17H21NO. The van der Waals surface area contributed by atoms with Crippen LogP contribution >= 0.6 is 0 Å². The number of hydrogen-bond acceptors (Lipinski definition) is 2. The van der Waals surface area contributed by atoms with Gasteiger partial charge in [0.15, 0.2) is 5.78 Å². The average Bonchev–Trinajstić information content (AvgIpc) is 2.99. The molecule has 1 aliphatic carbocycles. The van der Waals surface area contributed by atoms with Gasteiger partial charge in [0.1, 0.15) is 5.54 Å². The largest absolute Gasteiger partial charge is 0.355 e. The normalized spacial score (nSPS) is 21.5. The molecule has 2 aliphatic rings. The van der Waals surface area contributed by atoms with E-state index in [2.05, 4.69) is 30.9 Å². The molecule has 0 N–H and O–H groups in total. The van der Waals surface area contributed by atoms with E-state index >= 15 is 0 Å². The van der Waals surface area contributed by atoms with Crippen LogP contribution < -0.4 is 0 Å². The van der Waals surface area contributed by atoms with Gasteiger partial charge < -0.3 is 4.90 Å². The van der Waals surface area contributed by atoms with Gasteiger partial charge in [-0.25, -0.2) is 0 Å². The number of ketones is 1. The summed E-state index contributed by atoms with van der Waals surface area (Å²) in [6.45, 7) is 4.38. The number of carbonyl (C=O) groups excluding carboxylic acids is 1. The quantitative estimate of drug-likeness (QED) is 0.804. The van der Waals surface area contributed by atoms with Crippen LogP contribution in [0.2, 0.25) is 0 Å². The molecule has 19 heavy (non-hydrogen) atoms. The van der Waals surface area contributed by atoms with E-state index in [1.807, 2.05) is 24.3 Å². The molecule has 2 heteroatoms. The van der Waals surface area contributed by atoms with Gasteiger partial charge in [-0.15, -0.1) is 0 Å². The maximum atomic E-state index is 12.6. The summed E-state index contributed by atoms with van der Waals surface area (Å²) in [5.41, 5.74) is 2.04. The molecule has 1 aromatic carbocycles. The number of carbonyl (C=O) groups is 1. The van der Waals surface area contributed by atoms with Crippen LogP contribution in [0.3, 0.4) is 0 Å². The Labute approximate surface area is 115 Å². The van der Waals surface area contributed by atoms with Crippen molar-refractivity contribution in [1.82, 2.24) is 4.90 Å². The Morgan fingerprint density at radius 2 is 1.74 bits per heavy atom. The topological polar surface area (TPSA) is 20.3 Å². The first kappa shape index (κ1) is 12.5. The van der Waals surface area contributed by atoms with E-state index in [9.17, 15) is 4.79 Å². The highest BCUT2D eigenvalue weighted by molar-refractivity contribution is 6.08. The summed E-state index contributed by atoms with van der Waals surface area (Å²) >= 11 is 0. The number of hydrogen-bond donors (Lipinski definition) is 0. The molecule has 100 valence electrons. The van der Waals surface area contributed by atoms with Gasteiger partial charge in [0.25, 0.3) is 0 Å². The predicted octanol–water partition coefficient (Wildman–Crippen LogP) is 3.63. The second-order valence-electron chi connectivity index (χ2n) is 5.96. The molecule has 0 atom stereocenters. The third-order valence-electron chi connectivity index (χ3n) is 4.46. The van der Waals surface area contributed by atoms with E-state index in [4.69, 9.17) is 0 Å². The lowest BCUT2D eigenvalue weighted by atomic mass is 9.91. The summed E-state index contributed by atoms with van der Waals surface area (Å²) in [7, 11) is 0. The highest BCUT2D eigenvalue weighted by Gasteiger charge is 2.50. The van der Waals surface area contributed by atoms with Crippen molar-refractivity contribution in [3.8, 4) is 0 Å². The first-order valence-corrected chi connectivity index (χ1v) is 7.26. The van der Waals surface area contributed by atoms with Crippen LogP contribution in [0.15, 0.2) is 36.4 Å². The van der Waals surface area contributed by atoms with Crippen molar-refractivity contribution in [3.05, 3.63) is 42.0 Å². The molecule has 0 unspecified atom stereocenters. The Balaban J connectivity index is 2.05. The molecule has 0 aromatic heterocycles. The van der Waals surface area contributed by atoms with Crippen molar-refractivity contribution in [3.63, 3.8) is 0 Å². The molecule has 1 aromatic rings. The zero-order valence-corrected chi connectivity index (χ0v) is 11.7. The van der Waals surface area contributed by atoms with Gasteiger partial charge in [0.2, 0.25) is 0 Å². The Morgan fingerprint density at radius 1 is 1.11 bits per heavy atom. The van der Waals surface area contributed by atoms with Gasteiger partial charge in [-0.2, -0.15) is 0 Å². The van der Waals surface area contributed by atoms with Gasteiger partial charge in [-0.3, -0.25) is 4.79 Å². The van der Waals surface area contributed by atoms with Crippen LogP contribution in [-0.2, 0) is 4.79 Å². The van der Waals surface area contributed by atoms with Crippen LogP contribution in [0.1, 0.15) is 45.1 Å². The fourth-order valence-corrected chi connectivity index (χ4v) is 3.73. The summed E-state index contributed by atoms with van der Waals surface area (Å²) in [5.74, 6) is 0.317. The minimum Gasteiger partial charge on any atom is -0.355 e. The molecule has 1 spiro atoms. The molecule has 0 radical (unpaired) electrons. The third-order valence-corrected chi connectivity index (χ3v) is 4.46. The summed E-state index contributed by atoms with van der Waals surface area (Å²) in [6.07, 6.45) is 6.24. The average molecular weight is 255 g/mol. The molecule has 3 rings (SSSR count). The van der Waals surface area contributed by atoms with Crippen LogP contribution in [0.25, 0.3) is 5.70 Å². The monoisotopic (exact) mass is 255 g/mol. The van der Waals surface area contributed by atoms with Crippen molar-refractivity contribution < 1.29 is 4.79 Å². The van der Waals surface area contributed by atoms with Crippen molar-refractivity contribution >= 4 is 11.5 Å². The first-order valence-electron chi connectivity index (χ1n) is 7.26. The smallest absolute Gasteiger partial charge is 0.183 e. The molecule has 0 saturated heterocycles. The minimum atomic E-state index is -0.237. The zero-order valence-electron chi connectivity index (χ0n) is 11.7. The second kappa shape index (κ2) is 4.52. The lowest BCUT2D eigenvalue weighted by molar-refractivity contribution is -0.123. The van der Waals surface area contributed by atoms with Crippen molar-refractivity contribution in [2.75, 3.05) is 0 Å². The summed E-state index contributed by atoms with van der Waals surface area (Å²) in [4.78, 5) is 15.0. The van der Waals surface area contributed by atoms with Gasteiger partial charge in [0.05, 0.1) is 0 Å². The molecule has 1 heterocycles. The Bertz CT molecular complexity index is 509. The summed E-state index contributed by atoms with van der Waals surface area (Å²) in [5, 5.41) is 0. The lowest BCUT2D eigenvalue weighted by Gasteiger charge is -2.41. The molecule has 1 aliphatic heterocycles. The zero-order chi connectivity index (χ0) is 13.5. The molecular weight excluding hydrogens is 234 g/mol. The van der Waals surface area contributed by atoms with Crippen LogP contribution in [0.5, 0.6) is 0 Å². The number of nitrogens with zero attached hydrogens (tertiary/aromatic N) is 1. The molecule has 0 bridgehead atoms. The van der Waals surface area contributed by atoms with E-state index < -0.39 is 0 Å². The standard InChI is InChI=1S/C17H21NO/c1-13(2)18-15(14-8-4-3-5-9-14)12-16(19)17(18)10-6-7-11-17/h3-5,8-9,12-13H,6-7,10-11H2,1-2H3. The van der Waals surface area contributed by atoms with Crippen LogP contribution in [0.4, 0.5) is 0 Å². The van der Waals surface area contributed by atoms with Crippen LogP contribution in [-0.4, -0.2) is 22.3 Å². The first-order chi connectivity index (χ1) is 9.15. The van der Waals surface area contributed by atoms with Crippen molar-refractivity contribution in [2.45, 2.75) is 51.1 Å². The second-order valence-corrected chi connectivity index (χ2v) is 5.96. The van der Waals surface area contributed by atoms with E-state index in [1.54, 1.807) is 0 Å². The summed E-state index contributed by atoms with van der Waals surface area (Å²) in [6, 6.07) is 10.7. The minimum absolute atomic E-state index is 0.237. The van der Waals surface area contributed by atoms with Crippen molar-refractivity contribution in [1.29, 1.82) is 0 Å². The number of benzene rings is 1. The van der Waals surface area contributed by atoms with Gasteiger partial charge in [0, 0.05) is 17.8 Å². The Kier molecular flexibility index (Phi) is 2.96. The highest BCUT2D eigenvalue weighted by Crippen LogP contribution is 2.46. The van der Waals surface area contributed by atoms with Gasteiger partial charge >= 0.3 is 0 Å². The van der Waals surface area contributed by atoms with E-state index in [1.165, 1.54) is 12.8 Å². The van der Waals surface area contributed by atoms with E-state index in [-0.39, 0.29) is 5.54 Å². The molecule has 0 amide bonds. The Hall–Kier alpha value is -1.57. The third kappa shape index (κ3) is 1.81. The van der Waals surface area contributed by atoms with E-state index in [0.717, 1.165) is 24.1 Å². The molecule has 1 fully saturated rings. The predicted molar refractivity (Wildman–Crippen MR) is 77.6 cm³/mol. The highest BCUT2D eigenvalue weighted by atomic mass is 16.1. The van der Waals surface area contributed by atoms with Gasteiger partial charge in [-0.05, 0) is 32.3 Å². The van der Waals surface area contributed by atoms with E-state index in [0.29, 0.717) is 11.8 Å². The van der Waals surface area contributed by atoms with Crippen molar-refractivity contribution in [2.24, 2.45) is 0 Å². The number of rotatable bonds is 2. The SMILES string of the molecule is CC(C)N1C(c2ccccc2)=CC(=O)C12CCCC2. The fraction of sp³-hybridized carbons (Fsp3) is 0.471. The Morgan fingerprint density at radius 3 is 2.32 bits per heavy atom. The lowest BCUT2D eigenvalue weighted by Crippen LogP contribution is -2.49.